The highest BCUT2D eigenvalue weighted by molar-refractivity contribution is 8.13. The smallest absolute Gasteiger partial charge is 0.305 e. The van der Waals surface area contributed by atoms with E-state index in [1.807, 2.05) is 0 Å². The largest absolute Gasteiger partial charge is 0.456 e. The van der Waals surface area contributed by atoms with Gasteiger partial charge in [-0.15, -0.1) is 0 Å². The van der Waals surface area contributed by atoms with Crippen LogP contribution in [0.1, 0.15) is 34.6 Å². The van der Waals surface area contributed by atoms with Crippen LogP contribution in [0, 0.1) is 0 Å². The topological polar surface area (TPSA) is 134 Å². The predicted molar refractivity (Wildman–Crippen MR) is 92.3 cm³/mol. The summed E-state index contributed by atoms with van der Waals surface area (Å²) in [4.78, 5) is 57.5. The monoisotopic (exact) mass is 405 g/mol. The minimum Gasteiger partial charge on any atom is -0.456 e. The number of rotatable bonds is 6. The van der Waals surface area contributed by atoms with Crippen LogP contribution in [0.4, 0.5) is 0 Å². The molecule has 0 bridgehead atoms. The SMILES string of the molecule is CC(=O)NC1C(OC(C)=O)OC(CSC(C)=O)C(OC(C)=O)C1OC(C)=O. The molecule has 5 unspecified atom stereocenters. The second-order valence-corrected chi connectivity index (χ2v) is 7.03. The summed E-state index contributed by atoms with van der Waals surface area (Å²) in [5.74, 6) is -2.52. The molecule has 10 nitrogen and oxygen atoms in total. The van der Waals surface area contributed by atoms with Gasteiger partial charge in [0.05, 0.1) is 0 Å². The van der Waals surface area contributed by atoms with Crippen LogP contribution >= 0.6 is 11.8 Å². The van der Waals surface area contributed by atoms with Crippen LogP contribution in [0.3, 0.4) is 0 Å². The molecule has 0 saturated carbocycles. The second kappa shape index (κ2) is 10.3. The van der Waals surface area contributed by atoms with Crippen molar-refractivity contribution in [3.63, 3.8) is 0 Å². The summed E-state index contributed by atoms with van der Waals surface area (Å²) in [6.07, 6.45) is -4.55. The van der Waals surface area contributed by atoms with Crippen LogP contribution in [0.15, 0.2) is 0 Å². The third-order valence-electron chi connectivity index (χ3n) is 3.35. The van der Waals surface area contributed by atoms with Crippen molar-refractivity contribution in [2.45, 2.75) is 65.3 Å². The lowest BCUT2D eigenvalue weighted by molar-refractivity contribution is -0.260. The minimum absolute atomic E-state index is 0.0512. The summed E-state index contributed by atoms with van der Waals surface area (Å²) >= 11 is 0.902. The molecule has 1 fully saturated rings. The Labute approximate surface area is 160 Å². The summed E-state index contributed by atoms with van der Waals surface area (Å²) in [7, 11) is 0. The molecule has 1 N–H and O–H groups in total. The van der Waals surface area contributed by atoms with Crippen molar-refractivity contribution in [1.82, 2.24) is 5.32 Å². The highest BCUT2D eigenvalue weighted by Crippen LogP contribution is 2.29. The van der Waals surface area contributed by atoms with E-state index in [0.717, 1.165) is 32.5 Å². The van der Waals surface area contributed by atoms with Gasteiger partial charge in [-0.3, -0.25) is 24.0 Å². The molecule has 11 heteroatoms. The van der Waals surface area contributed by atoms with Crippen molar-refractivity contribution in [2.24, 2.45) is 0 Å². The Morgan fingerprint density at radius 3 is 1.81 bits per heavy atom. The molecule has 152 valence electrons. The maximum Gasteiger partial charge on any atom is 0.305 e. The van der Waals surface area contributed by atoms with Crippen LogP contribution in [-0.4, -0.2) is 65.3 Å². The van der Waals surface area contributed by atoms with E-state index < -0.39 is 54.5 Å². The molecule has 1 aliphatic heterocycles. The third kappa shape index (κ3) is 7.55. The average Bonchev–Trinajstić information content (AvgIpc) is 2.49. The third-order valence-corrected chi connectivity index (χ3v) is 4.26. The van der Waals surface area contributed by atoms with Crippen molar-refractivity contribution in [3.8, 4) is 0 Å². The Bertz CT molecular complexity index is 609. The van der Waals surface area contributed by atoms with Crippen molar-refractivity contribution < 1.29 is 42.9 Å². The van der Waals surface area contributed by atoms with Gasteiger partial charge in [-0.1, -0.05) is 11.8 Å². The lowest BCUT2D eigenvalue weighted by atomic mass is 9.96. The molecule has 0 spiro atoms. The number of ether oxygens (including phenoxy) is 4. The fraction of sp³-hybridized carbons (Fsp3) is 0.688. The quantitative estimate of drug-likeness (QED) is 0.472. The highest BCUT2D eigenvalue weighted by Gasteiger charge is 2.51. The van der Waals surface area contributed by atoms with Gasteiger partial charge in [0.15, 0.2) is 17.3 Å². The normalized spacial score (nSPS) is 27.2. The van der Waals surface area contributed by atoms with E-state index in [1.165, 1.54) is 13.8 Å². The number of thioether (sulfide) groups is 1. The first kappa shape index (κ1) is 22.9. The van der Waals surface area contributed by atoms with E-state index in [9.17, 15) is 24.0 Å². The molecule has 1 heterocycles. The molecule has 1 aliphatic rings. The van der Waals surface area contributed by atoms with E-state index in [-0.39, 0.29) is 10.9 Å². The molecule has 0 radical (unpaired) electrons. The van der Waals surface area contributed by atoms with E-state index in [4.69, 9.17) is 18.9 Å². The molecule has 0 aromatic carbocycles. The Morgan fingerprint density at radius 1 is 0.852 bits per heavy atom. The number of esters is 3. The Kier molecular flexibility index (Phi) is 8.70. The zero-order valence-electron chi connectivity index (χ0n) is 15.7. The first-order valence-corrected chi connectivity index (χ1v) is 9.07. The fourth-order valence-corrected chi connectivity index (χ4v) is 3.22. The lowest BCUT2D eigenvalue weighted by Gasteiger charge is -2.44. The Morgan fingerprint density at radius 2 is 1.37 bits per heavy atom. The van der Waals surface area contributed by atoms with Gasteiger partial charge in [0.2, 0.25) is 12.2 Å². The van der Waals surface area contributed by atoms with Gasteiger partial charge >= 0.3 is 17.9 Å². The van der Waals surface area contributed by atoms with Gasteiger partial charge in [0, 0.05) is 40.4 Å². The number of hydrogen-bond acceptors (Lipinski definition) is 10. The number of carbonyl (C=O) groups excluding carboxylic acids is 5. The summed E-state index contributed by atoms with van der Waals surface area (Å²) in [5.41, 5.74) is 0. The number of carbonyl (C=O) groups is 5. The molecule has 27 heavy (non-hydrogen) atoms. The summed E-state index contributed by atoms with van der Waals surface area (Å²) in [5, 5.41) is 2.29. The van der Waals surface area contributed by atoms with Crippen LogP contribution in [0.25, 0.3) is 0 Å². The molecular formula is C16H23NO9S. The van der Waals surface area contributed by atoms with Crippen molar-refractivity contribution in [1.29, 1.82) is 0 Å². The number of nitrogens with one attached hydrogen (secondary N) is 1. The molecule has 0 aromatic rings. The summed E-state index contributed by atoms with van der Waals surface area (Å²) in [6.45, 7) is 6.01. The van der Waals surface area contributed by atoms with Crippen LogP contribution in [0.2, 0.25) is 0 Å². The fourth-order valence-electron chi connectivity index (χ4n) is 2.55. The van der Waals surface area contributed by atoms with E-state index in [1.54, 1.807) is 0 Å². The van der Waals surface area contributed by atoms with Gasteiger partial charge in [0.1, 0.15) is 12.1 Å². The van der Waals surface area contributed by atoms with Crippen molar-refractivity contribution in [2.75, 3.05) is 5.75 Å². The molecule has 0 aliphatic carbocycles. The molecular weight excluding hydrogens is 382 g/mol. The van der Waals surface area contributed by atoms with Gasteiger partial charge in [0.25, 0.3) is 0 Å². The maximum absolute atomic E-state index is 11.6. The number of hydrogen-bond donors (Lipinski definition) is 1. The Hall–Kier alpha value is -2.14. The van der Waals surface area contributed by atoms with Gasteiger partial charge in [-0.25, -0.2) is 0 Å². The van der Waals surface area contributed by atoms with Gasteiger partial charge in [-0.2, -0.15) is 0 Å². The molecule has 5 atom stereocenters. The van der Waals surface area contributed by atoms with E-state index >= 15 is 0 Å². The summed E-state index contributed by atoms with van der Waals surface area (Å²) < 4.78 is 21.3. The van der Waals surface area contributed by atoms with E-state index in [2.05, 4.69) is 5.32 Å². The maximum atomic E-state index is 11.6. The first-order chi connectivity index (χ1) is 12.5. The van der Waals surface area contributed by atoms with Crippen LogP contribution in [0.5, 0.6) is 0 Å². The number of amides is 1. The molecule has 1 saturated heterocycles. The van der Waals surface area contributed by atoms with Crippen LogP contribution in [-0.2, 0) is 42.9 Å². The van der Waals surface area contributed by atoms with Crippen molar-refractivity contribution in [3.05, 3.63) is 0 Å². The molecule has 1 rings (SSSR count). The lowest BCUT2D eigenvalue weighted by Crippen LogP contribution is -2.66. The standard InChI is InChI=1S/C16H23NO9S/c1-7(18)17-13-15(24-9(3)20)14(23-8(2)19)12(6-27-11(5)22)26-16(13)25-10(4)21/h12-16H,6H2,1-5H3,(H,17,18). The van der Waals surface area contributed by atoms with Gasteiger partial charge in [-0.05, 0) is 0 Å². The second-order valence-electron chi connectivity index (χ2n) is 5.83. The highest BCUT2D eigenvalue weighted by atomic mass is 32.2. The zero-order chi connectivity index (χ0) is 20.7. The van der Waals surface area contributed by atoms with Crippen LogP contribution < -0.4 is 5.32 Å². The minimum atomic E-state index is -1.31. The van der Waals surface area contributed by atoms with E-state index in [0.29, 0.717) is 0 Å². The first-order valence-electron chi connectivity index (χ1n) is 8.08. The van der Waals surface area contributed by atoms with Gasteiger partial charge < -0.3 is 24.3 Å². The molecule has 1 amide bonds. The Balaban J connectivity index is 3.29. The van der Waals surface area contributed by atoms with Crippen molar-refractivity contribution >= 4 is 40.7 Å². The molecule has 0 aromatic heterocycles. The predicted octanol–water partition coefficient (Wildman–Crippen LogP) is -0.0778. The average molecular weight is 405 g/mol. The zero-order valence-corrected chi connectivity index (χ0v) is 16.5. The summed E-state index contributed by atoms with van der Waals surface area (Å²) in [6, 6.07) is -1.11.